The second-order valence-electron chi connectivity index (χ2n) is 3.34. The molecular formula is C11H12FN3. The molecule has 1 aromatic carbocycles. The standard InChI is InChI=1S/C11H12FN3/c1-2-5-10-13-11(15-14-10)8-6-3-4-7-9(8)12/h3-4,6-7H,2,5H2,1H3,(H,13,14,15). The average molecular weight is 205 g/mol. The number of halogens is 1. The Labute approximate surface area is 87.4 Å². The molecule has 1 aromatic heterocycles. The molecule has 1 heterocycles. The van der Waals surface area contributed by atoms with Crippen molar-refractivity contribution in [2.75, 3.05) is 0 Å². The number of H-pyrrole nitrogens is 1. The third-order valence-electron chi connectivity index (χ3n) is 2.13. The number of hydrogen-bond acceptors (Lipinski definition) is 2. The fraction of sp³-hybridized carbons (Fsp3) is 0.273. The lowest BCUT2D eigenvalue weighted by Crippen LogP contribution is -1.87. The summed E-state index contributed by atoms with van der Waals surface area (Å²) < 4.78 is 13.4. The second kappa shape index (κ2) is 4.21. The molecule has 4 heteroatoms. The smallest absolute Gasteiger partial charge is 0.184 e. The van der Waals surface area contributed by atoms with Crippen molar-refractivity contribution in [3.05, 3.63) is 35.9 Å². The van der Waals surface area contributed by atoms with Crippen molar-refractivity contribution in [3.63, 3.8) is 0 Å². The molecule has 78 valence electrons. The van der Waals surface area contributed by atoms with Crippen LogP contribution in [0, 0.1) is 5.82 Å². The Hall–Kier alpha value is -1.71. The van der Waals surface area contributed by atoms with Crippen LogP contribution >= 0.6 is 0 Å². The fourth-order valence-corrected chi connectivity index (χ4v) is 1.41. The van der Waals surface area contributed by atoms with Crippen LogP contribution in [0.15, 0.2) is 24.3 Å². The van der Waals surface area contributed by atoms with Gasteiger partial charge in [-0.15, -0.1) is 0 Å². The number of benzene rings is 1. The highest BCUT2D eigenvalue weighted by atomic mass is 19.1. The summed E-state index contributed by atoms with van der Waals surface area (Å²) in [4.78, 5) is 4.22. The Kier molecular flexibility index (Phi) is 2.76. The third kappa shape index (κ3) is 2.03. The van der Waals surface area contributed by atoms with Gasteiger partial charge in [0.2, 0.25) is 0 Å². The van der Waals surface area contributed by atoms with Crippen LogP contribution in [0.25, 0.3) is 11.4 Å². The van der Waals surface area contributed by atoms with Crippen molar-refractivity contribution in [2.45, 2.75) is 19.8 Å². The number of aryl methyl sites for hydroxylation is 1. The maximum atomic E-state index is 13.4. The number of rotatable bonds is 3. The summed E-state index contributed by atoms with van der Waals surface area (Å²) in [5, 5.41) is 6.79. The van der Waals surface area contributed by atoms with Crippen molar-refractivity contribution in [3.8, 4) is 11.4 Å². The third-order valence-corrected chi connectivity index (χ3v) is 2.13. The van der Waals surface area contributed by atoms with Gasteiger partial charge in [0.05, 0.1) is 5.56 Å². The lowest BCUT2D eigenvalue weighted by Gasteiger charge is -1.95. The Bertz CT molecular complexity index is 451. The molecule has 0 saturated heterocycles. The molecule has 0 radical (unpaired) electrons. The van der Waals surface area contributed by atoms with Crippen LogP contribution in [0.2, 0.25) is 0 Å². The van der Waals surface area contributed by atoms with Crippen molar-refractivity contribution in [2.24, 2.45) is 0 Å². The van der Waals surface area contributed by atoms with Crippen molar-refractivity contribution < 1.29 is 4.39 Å². The zero-order valence-electron chi connectivity index (χ0n) is 8.50. The van der Waals surface area contributed by atoms with Crippen LogP contribution in [-0.2, 0) is 6.42 Å². The van der Waals surface area contributed by atoms with Crippen molar-refractivity contribution >= 4 is 0 Å². The van der Waals surface area contributed by atoms with E-state index in [1.54, 1.807) is 18.2 Å². The molecule has 15 heavy (non-hydrogen) atoms. The highest BCUT2D eigenvalue weighted by molar-refractivity contribution is 5.55. The first kappa shape index (κ1) is 9.83. The number of nitrogens with zero attached hydrogens (tertiary/aromatic N) is 2. The number of hydrogen-bond donors (Lipinski definition) is 1. The largest absolute Gasteiger partial charge is 0.263 e. The first-order valence-electron chi connectivity index (χ1n) is 4.97. The Morgan fingerprint density at radius 1 is 1.33 bits per heavy atom. The number of aromatic nitrogens is 3. The van der Waals surface area contributed by atoms with Gasteiger partial charge in [0, 0.05) is 6.42 Å². The highest BCUT2D eigenvalue weighted by Gasteiger charge is 2.09. The summed E-state index contributed by atoms with van der Waals surface area (Å²) >= 11 is 0. The van der Waals surface area contributed by atoms with E-state index < -0.39 is 0 Å². The minimum absolute atomic E-state index is 0.292. The quantitative estimate of drug-likeness (QED) is 0.836. The normalized spacial score (nSPS) is 10.5. The van der Waals surface area contributed by atoms with E-state index >= 15 is 0 Å². The lowest BCUT2D eigenvalue weighted by atomic mass is 10.2. The minimum Gasteiger partial charge on any atom is -0.263 e. The molecule has 1 N–H and O–H groups in total. The van der Waals surface area contributed by atoms with Crippen LogP contribution in [0.3, 0.4) is 0 Å². The summed E-state index contributed by atoms with van der Waals surface area (Å²) in [6.45, 7) is 2.06. The molecule has 0 unspecified atom stereocenters. The first-order chi connectivity index (χ1) is 7.31. The molecule has 0 spiro atoms. The average Bonchev–Trinajstić information content (AvgIpc) is 2.68. The molecule has 0 aliphatic rings. The van der Waals surface area contributed by atoms with E-state index in [4.69, 9.17) is 0 Å². The fourth-order valence-electron chi connectivity index (χ4n) is 1.41. The molecular weight excluding hydrogens is 193 g/mol. The molecule has 0 amide bonds. The Morgan fingerprint density at radius 3 is 2.87 bits per heavy atom. The monoisotopic (exact) mass is 205 g/mol. The van der Waals surface area contributed by atoms with Crippen LogP contribution in [0.4, 0.5) is 4.39 Å². The summed E-state index contributed by atoms with van der Waals surface area (Å²) in [6, 6.07) is 6.51. The van der Waals surface area contributed by atoms with E-state index in [0.717, 1.165) is 18.7 Å². The topological polar surface area (TPSA) is 41.6 Å². The van der Waals surface area contributed by atoms with Gasteiger partial charge >= 0.3 is 0 Å². The van der Waals surface area contributed by atoms with Gasteiger partial charge < -0.3 is 0 Å². The van der Waals surface area contributed by atoms with E-state index in [9.17, 15) is 4.39 Å². The lowest BCUT2D eigenvalue weighted by molar-refractivity contribution is 0.630. The van der Waals surface area contributed by atoms with Crippen molar-refractivity contribution in [1.82, 2.24) is 15.2 Å². The van der Waals surface area contributed by atoms with Gasteiger partial charge in [0.1, 0.15) is 11.6 Å². The Morgan fingerprint density at radius 2 is 2.13 bits per heavy atom. The minimum atomic E-state index is -0.292. The van der Waals surface area contributed by atoms with E-state index in [2.05, 4.69) is 22.1 Å². The van der Waals surface area contributed by atoms with Crippen LogP contribution in [-0.4, -0.2) is 15.2 Å². The molecule has 2 aromatic rings. The SMILES string of the molecule is CCCc1nc(-c2ccccc2F)n[nH]1. The van der Waals surface area contributed by atoms with E-state index in [0.29, 0.717) is 11.4 Å². The molecule has 2 rings (SSSR count). The molecule has 0 aliphatic heterocycles. The van der Waals surface area contributed by atoms with Crippen LogP contribution < -0.4 is 0 Å². The van der Waals surface area contributed by atoms with Gasteiger partial charge in [-0.2, -0.15) is 5.10 Å². The molecule has 3 nitrogen and oxygen atoms in total. The van der Waals surface area contributed by atoms with E-state index in [-0.39, 0.29) is 5.82 Å². The summed E-state index contributed by atoms with van der Waals surface area (Å²) in [5.74, 6) is 0.937. The van der Waals surface area contributed by atoms with Gasteiger partial charge in [0.15, 0.2) is 5.82 Å². The zero-order valence-corrected chi connectivity index (χ0v) is 8.50. The maximum Gasteiger partial charge on any atom is 0.184 e. The van der Waals surface area contributed by atoms with Gasteiger partial charge in [-0.3, -0.25) is 5.10 Å². The summed E-state index contributed by atoms with van der Waals surface area (Å²) in [7, 11) is 0. The molecule has 0 saturated carbocycles. The summed E-state index contributed by atoms with van der Waals surface area (Å²) in [5.41, 5.74) is 0.441. The molecule has 0 fully saturated rings. The van der Waals surface area contributed by atoms with E-state index in [1.807, 2.05) is 0 Å². The number of aromatic amines is 1. The Balaban J connectivity index is 2.33. The van der Waals surface area contributed by atoms with Crippen LogP contribution in [0.1, 0.15) is 19.2 Å². The highest BCUT2D eigenvalue weighted by Crippen LogP contribution is 2.18. The second-order valence-corrected chi connectivity index (χ2v) is 3.34. The predicted octanol–water partition coefficient (Wildman–Crippen LogP) is 2.56. The molecule has 0 aliphatic carbocycles. The van der Waals surface area contributed by atoms with Crippen molar-refractivity contribution in [1.29, 1.82) is 0 Å². The van der Waals surface area contributed by atoms with Gasteiger partial charge in [-0.1, -0.05) is 19.1 Å². The summed E-state index contributed by atoms with van der Waals surface area (Å²) in [6.07, 6.45) is 1.83. The predicted molar refractivity (Wildman–Crippen MR) is 55.8 cm³/mol. The maximum absolute atomic E-state index is 13.4. The van der Waals surface area contributed by atoms with Gasteiger partial charge in [-0.05, 0) is 18.6 Å². The number of nitrogens with one attached hydrogen (secondary N) is 1. The zero-order chi connectivity index (χ0) is 10.7. The molecule has 0 bridgehead atoms. The first-order valence-corrected chi connectivity index (χ1v) is 4.97. The van der Waals surface area contributed by atoms with E-state index in [1.165, 1.54) is 6.07 Å². The van der Waals surface area contributed by atoms with Gasteiger partial charge in [-0.25, -0.2) is 9.37 Å². The van der Waals surface area contributed by atoms with Crippen LogP contribution in [0.5, 0.6) is 0 Å². The van der Waals surface area contributed by atoms with Gasteiger partial charge in [0.25, 0.3) is 0 Å². The molecule has 0 atom stereocenters.